The van der Waals surface area contributed by atoms with Gasteiger partial charge in [0.2, 0.25) is 5.91 Å². The predicted molar refractivity (Wildman–Crippen MR) is 70.8 cm³/mol. The van der Waals surface area contributed by atoms with Gasteiger partial charge >= 0.3 is 0 Å². The molecule has 0 aromatic carbocycles. The summed E-state index contributed by atoms with van der Waals surface area (Å²) in [4.78, 5) is 14.4. The number of amides is 1. The minimum Gasteiger partial charge on any atom is -0.381 e. The highest BCUT2D eigenvalue weighted by Crippen LogP contribution is 2.32. The summed E-state index contributed by atoms with van der Waals surface area (Å²) in [5.74, 6) is 0.166. The van der Waals surface area contributed by atoms with E-state index in [1.807, 2.05) is 11.9 Å². The molecule has 2 heterocycles. The third kappa shape index (κ3) is 2.96. The highest BCUT2D eigenvalue weighted by molar-refractivity contribution is 5.85. The number of rotatable bonds is 3. The van der Waals surface area contributed by atoms with Gasteiger partial charge in [0.1, 0.15) is 0 Å². The Kier molecular flexibility index (Phi) is 5.85. The Morgan fingerprint density at radius 3 is 2.50 bits per heavy atom. The molecule has 0 spiro atoms. The molecular weight excluding hydrogens is 256 g/mol. The molecule has 2 saturated heterocycles. The molecule has 2 aliphatic rings. The molecule has 2 N–H and O–H groups in total. The number of halogens is 1. The Morgan fingerprint density at radius 2 is 2.00 bits per heavy atom. The standard InChI is InChI=1S/C12H22N2O3.ClH/c1-14(10-2-5-17-8-10)11(15)12(9-13)3-6-16-7-4-12;/h10H,2-9,13H2,1H3;1H. The van der Waals surface area contributed by atoms with Crippen LogP contribution in [0.2, 0.25) is 0 Å². The van der Waals surface area contributed by atoms with Crippen molar-refractivity contribution in [2.24, 2.45) is 11.1 Å². The maximum Gasteiger partial charge on any atom is 0.230 e. The molecule has 0 bridgehead atoms. The Hall–Kier alpha value is -0.360. The van der Waals surface area contributed by atoms with E-state index in [0.29, 0.717) is 26.4 Å². The number of nitrogens with two attached hydrogens (primary N) is 1. The highest BCUT2D eigenvalue weighted by atomic mass is 35.5. The molecule has 0 aromatic rings. The van der Waals surface area contributed by atoms with Crippen molar-refractivity contribution in [2.45, 2.75) is 25.3 Å². The average molecular weight is 279 g/mol. The van der Waals surface area contributed by atoms with E-state index >= 15 is 0 Å². The van der Waals surface area contributed by atoms with E-state index in [4.69, 9.17) is 15.2 Å². The van der Waals surface area contributed by atoms with Crippen molar-refractivity contribution < 1.29 is 14.3 Å². The Bertz CT molecular complexity index is 276. The largest absolute Gasteiger partial charge is 0.381 e. The Balaban J connectivity index is 0.00000162. The van der Waals surface area contributed by atoms with E-state index in [1.165, 1.54) is 0 Å². The van der Waals surface area contributed by atoms with Crippen molar-refractivity contribution in [2.75, 3.05) is 40.0 Å². The van der Waals surface area contributed by atoms with Crippen molar-refractivity contribution in [3.63, 3.8) is 0 Å². The van der Waals surface area contributed by atoms with Crippen LogP contribution in [-0.2, 0) is 14.3 Å². The summed E-state index contributed by atoms with van der Waals surface area (Å²) in [6.45, 7) is 3.09. The number of hydrogen-bond donors (Lipinski definition) is 1. The molecule has 2 rings (SSSR count). The molecule has 0 aliphatic carbocycles. The zero-order valence-corrected chi connectivity index (χ0v) is 11.7. The first kappa shape index (κ1) is 15.7. The van der Waals surface area contributed by atoms with Crippen LogP contribution in [0, 0.1) is 5.41 Å². The molecule has 2 aliphatic heterocycles. The summed E-state index contributed by atoms with van der Waals surface area (Å²) in [5, 5.41) is 0. The zero-order valence-electron chi connectivity index (χ0n) is 10.9. The minimum atomic E-state index is -0.407. The quantitative estimate of drug-likeness (QED) is 0.812. The molecule has 1 amide bonds. The van der Waals surface area contributed by atoms with Gasteiger partial charge in [-0.25, -0.2) is 0 Å². The monoisotopic (exact) mass is 278 g/mol. The van der Waals surface area contributed by atoms with Crippen LogP contribution >= 0.6 is 12.4 Å². The van der Waals surface area contributed by atoms with Crippen molar-refractivity contribution in [3.8, 4) is 0 Å². The van der Waals surface area contributed by atoms with E-state index < -0.39 is 5.41 Å². The SMILES string of the molecule is CN(C(=O)C1(CN)CCOCC1)C1CCOC1.Cl. The molecule has 106 valence electrons. The van der Waals surface area contributed by atoms with Gasteiger partial charge in [-0.1, -0.05) is 0 Å². The van der Waals surface area contributed by atoms with Gasteiger partial charge in [-0.05, 0) is 19.3 Å². The Morgan fingerprint density at radius 1 is 1.33 bits per heavy atom. The van der Waals surface area contributed by atoms with Crippen LogP contribution in [0.15, 0.2) is 0 Å². The third-order valence-corrected chi connectivity index (χ3v) is 4.07. The van der Waals surface area contributed by atoms with Crippen LogP contribution in [0.1, 0.15) is 19.3 Å². The number of carbonyl (C=O) groups is 1. The summed E-state index contributed by atoms with van der Waals surface area (Å²) >= 11 is 0. The van der Waals surface area contributed by atoms with E-state index in [9.17, 15) is 4.79 Å². The highest BCUT2D eigenvalue weighted by Gasteiger charge is 2.42. The van der Waals surface area contributed by atoms with E-state index in [-0.39, 0.29) is 24.4 Å². The first-order valence-corrected chi connectivity index (χ1v) is 6.32. The molecule has 5 nitrogen and oxygen atoms in total. The van der Waals surface area contributed by atoms with Crippen LogP contribution in [0.5, 0.6) is 0 Å². The average Bonchev–Trinajstić information content (AvgIpc) is 2.91. The van der Waals surface area contributed by atoms with E-state index in [0.717, 1.165) is 25.9 Å². The molecule has 6 heteroatoms. The van der Waals surface area contributed by atoms with Crippen LogP contribution < -0.4 is 5.73 Å². The van der Waals surface area contributed by atoms with Gasteiger partial charge < -0.3 is 20.1 Å². The van der Waals surface area contributed by atoms with Crippen LogP contribution in [0.4, 0.5) is 0 Å². The summed E-state index contributed by atoms with van der Waals surface area (Å²) in [6, 6.07) is 0.216. The molecule has 0 saturated carbocycles. The van der Waals surface area contributed by atoms with Gasteiger partial charge in [-0.3, -0.25) is 4.79 Å². The predicted octanol–water partition coefficient (Wildman–Crippen LogP) is 0.411. The summed E-state index contributed by atoms with van der Waals surface area (Å²) < 4.78 is 10.7. The molecule has 0 aromatic heterocycles. The van der Waals surface area contributed by atoms with Crippen LogP contribution in [0.25, 0.3) is 0 Å². The lowest BCUT2D eigenvalue weighted by Crippen LogP contribution is -2.52. The lowest BCUT2D eigenvalue weighted by atomic mass is 9.78. The van der Waals surface area contributed by atoms with Gasteiger partial charge in [-0.15, -0.1) is 12.4 Å². The molecule has 1 atom stereocenters. The van der Waals surface area contributed by atoms with Crippen LogP contribution in [-0.4, -0.2) is 56.9 Å². The second-order valence-corrected chi connectivity index (χ2v) is 5.03. The van der Waals surface area contributed by atoms with Gasteiger partial charge in [0.25, 0.3) is 0 Å². The molecule has 2 fully saturated rings. The van der Waals surface area contributed by atoms with Crippen molar-refractivity contribution in [3.05, 3.63) is 0 Å². The fourth-order valence-corrected chi connectivity index (χ4v) is 2.63. The Labute approximate surface area is 114 Å². The number of ether oxygens (including phenoxy) is 2. The number of likely N-dealkylation sites (N-methyl/N-ethyl adjacent to an activating group) is 1. The minimum absolute atomic E-state index is 0. The van der Waals surface area contributed by atoms with Gasteiger partial charge in [0.05, 0.1) is 18.1 Å². The third-order valence-electron chi connectivity index (χ3n) is 4.07. The fourth-order valence-electron chi connectivity index (χ4n) is 2.63. The molecule has 18 heavy (non-hydrogen) atoms. The van der Waals surface area contributed by atoms with Gasteiger partial charge in [0, 0.05) is 33.4 Å². The van der Waals surface area contributed by atoms with Gasteiger partial charge in [-0.2, -0.15) is 0 Å². The second-order valence-electron chi connectivity index (χ2n) is 5.03. The molecular formula is C12H23ClN2O3. The summed E-state index contributed by atoms with van der Waals surface area (Å²) in [5.41, 5.74) is 5.43. The number of hydrogen-bond acceptors (Lipinski definition) is 4. The molecule has 0 radical (unpaired) electrons. The zero-order chi connectivity index (χ0) is 12.3. The van der Waals surface area contributed by atoms with Crippen molar-refractivity contribution in [1.82, 2.24) is 4.90 Å². The van der Waals surface area contributed by atoms with Crippen LogP contribution in [0.3, 0.4) is 0 Å². The summed E-state index contributed by atoms with van der Waals surface area (Å²) in [7, 11) is 1.87. The van der Waals surface area contributed by atoms with Crippen molar-refractivity contribution in [1.29, 1.82) is 0 Å². The first-order valence-electron chi connectivity index (χ1n) is 6.32. The second kappa shape index (κ2) is 6.70. The van der Waals surface area contributed by atoms with E-state index in [2.05, 4.69) is 0 Å². The van der Waals surface area contributed by atoms with Gasteiger partial charge in [0.15, 0.2) is 0 Å². The molecule has 1 unspecified atom stereocenters. The maximum absolute atomic E-state index is 12.6. The smallest absolute Gasteiger partial charge is 0.230 e. The lowest BCUT2D eigenvalue weighted by Gasteiger charge is -2.39. The number of nitrogens with zero attached hydrogens (tertiary/aromatic N) is 1. The lowest BCUT2D eigenvalue weighted by molar-refractivity contribution is -0.148. The first-order chi connectivity index (χ1) is 8.19. The van der Waals surface area contributed by atoms with Crippen molar-refractivity contribution >= 4 is 18.3 Å². The number of carbonyl (C=O) groups excluding carboxylic acids is 1. The van der Waals surface area contributed by atoms with E-state index in [1.54, 1.807) is 0 Å². The topological polar surface area (TPSA) is 64.8 Å². The summed E-state index contributed by atoms with van der Waals surface area (Å²) in [6.07, 6.45) is 2.40. The normalized spacial score (nSPS) is 26.4. The maximum atomic E-state index is 12.6. The fraction of sp³-hybridized carbons (Fsp3) is 0.917.